The highest BCUT2D eigenvalue weighted by Gasteiger charge is 2.43. The molecule has 9 heteroatoms. The maximum Gasteiger partial charge on any atom is 0.273 e. The Hall–Kier alpha value is -1.58. The predicted molar refractivity (Wildman–Crippen MR) is 129 cm³/mol. The van der Waals surface area contributed by atoms with Gasteiger partial charge in [-0.15, -0.1) is 0 Å². The van der Waals surface area contributed by atoms with E-state index in [1.54, 1.807) is 0 Å². The Labute approximate surface area is 194 Å². The number of fused-ring (bicyclic) bond motifs is 1. The number of carbonyl (C=O) groups is 2. The minimum Gasteiger partial charge on any atom is -0.400 e. The molecule has 0 aromatic rings. The van der Waals surface area contributed by atoms with Gasteiger partial charge in [0, 0.05) is 25.3 Å². The quantitative estimate of drug-likeness (QED) is 0.629. The third-order valence-electron chi connectivity index (χ3n) is 7.61. The summed E-state index contributed by atoms with van der Waals surface area (Å²) in [6, 6.07) is -0.330. The molecule has 0 aromatic heterocycles. The van der Waals surface area contributed by atoms with Crippen LogP contribution in [0.15, 0.2) is 11.9 Å². The van der Waals surface area contributed by atoms with Crippen molar-refractivity contribution in [1.29, 1.82) is 0 Å². The summed E-state index contributed by atoms with van der Waals surface area (Å²) >= 11 is 0. The second-order valence-corrected chi connectivity index (χ2v) is 16.9. The zero-order valence-corrected chi connectivity index (χ0v) is 22.3. The highest BCUT2D eigenvalue weighted by atomic mass is 28.4. The van der Waals surface area contributed by atoms with Crippen molar-refractivity contribution in [3.63, 3.8) is 0 Å². The van der Waals surface area contributed by atoms with E-state index in [4.69, 9.17) is 10.2 Å². The number of piperidine rings is 1. The van der Waals surface area contributed by atoms with Crippen LogP contribution in [0.4, 0.5) is 0 Å². The van der Waals surface area contributed by atoms with Gasteiger partial charge in [-0.3, -0.25) is 9.59 Å². The van der Waals surface area contributed by atoms with Crippen molar-refractivity contribution in [1.82, 2.24) is 19.6 Å². The van der Waals surface area contributed by atoms with Gasteiger partial charge in [0.05, 0.1) is 19.4 Å². The van der Waals surface area contributed by atoms with Crippen LogP contribution in [0, 0.1) is 5.41 Å². The number of hydrogen-bond donors (Lipinski definition) is 1. The highest BCUT2D eigenvalue weighted by molar-refractivity contribution is 6.74. The maximum absolute atomic E-state index is 13.1. The van der Waals surface area contributed by atoms with Crippen molar-refractivity contribution in [2.24, 2.45) is 11.1 Å². The van der Waals surface area contributed by atoms with Crippen molar-refractivity contribution in [3.8, 4) is 0 Å². The van der Waals surface area contributed by atoms with Gasteiger partial charge in [-0.2, -0.15) is 0 Å². The lowest BCUT2D eigenvalue weighted by Crippen LogP contribution is -2.54. The summed E-state index contributed by atoms with van der Waals surface area (Å²) in [5, 5.41) is 0.162. The van der Waals surface area contributed by atoms with Crippen LogP contribution in [-0.2, 0) is 14.0 Å². The molecule has 0 spiro atoms. The monoisotopic (exact) mass is 465 g/mol. The first-order valence-corrected chi connectivity index (χ1v) is 14.7. The number of nitrogens with zero attached hydrogens (tertiary/aromatic N) is 4. The van der Waals surface area contributed by atoms with Crippen molar-refractivity contribution in [3.05, 3.63) is 11.9 Å². The lowest BCUT2D eigenvalue weighted by molar-refractivity contribution is -0.137. The lowest BCUT2D eigenvalue weighted by atomic mass is 9.86. The van der Waals surface area contributed by atoms with Gasteiger partial charge in [-0.25, -0.2) is 0 Å². The van der Waals surface area contributed by atoms with E-state index >= 15 is 0 Å². The number of likely N-dealkylation sites (tertiary alicyclic amines) is 1. The van der Waals surface area contributed by atoms with E-state index in [1.165, 1.54) is 0 Å². The fourth-order valence-electron chi connectivity index (χ4n) is 4.08. The normalized spacial score (nSPS) is 21.9. The van der Waals surface area contributed by atoms with Gasteiger partial charge in [-0.05, 0) is 36.4 Å². The number of rotatable bonds is 5. The first-order valence-electron chi connectivity index (χ1n) is 11.8. The average molecular weight is 466 g/mol. The van der Waals surface area contributed by atoms with Crippen LogP contribution in [0.2, 0.25) is 18.1 Å². The Bertz CT molecular complexity index is 763. The van der Waals surface area contributed by atoms with Gasteiger partial charge in [0.1, 0.15) is 12.4 Å². The summed E-state index contributed by atoms with van der Waals surface area (Å²) in [6.07, 6.45) is 3.55. The fourth-order valence-corrected chi connectivity index (χ4v) is 5.00. The minimum atomic E-state index is -1.83. The van der Waals surface area contributed by atoms with Gasteiger partial charge < -0.3 is 29.8 Å². The standard InChI is InChI=1S/C23H43N5O3Si/c1-22(2,3)19(24)21(30)26-11-9-17(10-12-26)28-15-27-14-25(13-18(27)20(28)29)16-31-32(7,8)23(4,5)6/h13,17,19H,9-12,14-16,24H2,1-8H3/t19-/m0/s1. The van der Waals surface area contributed by atoms with Gasteiger partial charge in [0.2, 0.25) is 5.91 Å². The summed E-state index contributed by atoms with van der Waals surface area (Å²) in [7, 11) is -1.83. The lowest BCUT2D eigenvalue weighted by Gasteiger charge is -2.39. The average Bonchev–Trinajstić information content (AvgIpc) is 3.23. The van der Waals surface area contributed by atoms with E-state index in [1.807, 2.05) is 36.8 Å². The van der Waals surface area contributed by atoms with E-state index < -0.39 is 14.4 Å². The van der Waals surface area contributed by atoms with E-state index in [0.717, 1.165) is 18.5 Å². The zero-order valence-electron chi connectivity index (χ0n) is 21.3. The molecule has 3 aliphatic rings. The molecule has 2 amide bonds. The summed E-state index contributed by atoms with van der Waals surface area (Å²) < 4.78 is 6.32. The summed E-state index contributed by atoms with van der Waals surface area (Å²) in [6.45, 7) is 20.3. The Morgan fingerprint density at radius 1 is 1.16 bits per heavy atom. The van der Waals surface area contributed by atoms with Gasteiger partial charge in [-0.1, -0.05) is 41.5 Å². The van der Waals surface area contributed by atoms with Crippen LogP contribution >= 0.6 is 0 Å². The van der Waals surface area contributed by atoms with Crippen molar-refractivity contribution >= 4 is 20.1 Å². The third-order valence-corrected chi connectivity index (χ3v) is 12.1. The smallest absolute Gasteiger partial charge is 0.273 e. The molecule has 2 N–H and O–H groups in total. The number of carbonyl (C=O) groups excluding carboxylic acids is 2. The van der Waals surface area contributed by atoms with Crippen molar-refractivity contribution in [2.75, 3.05) is 33.2 Å². The second kappa shape index (κ2) is 8.65. The van der Waals surface area contributed by atoms with Gasteiger partial charge >= 0.3 is 0 Å². The molecule has 0 unspecified atom stereocenters. The van der Waals surface area contributed by atoms with E-state index in [9.17, 15) is 9.59 Å². The maximum atomic E-state index is 13.1. The predicted octanol–water partition coefficient (Wildman–Crippen LogP) is 2.55. The third kappa shape index (κ3) is 4.99. The number of nitrogens with two attached hydrogens (primary N) is 1. The molecule has 2 saturated heterocycles. The molecule has 0 bridgehead atoms. The molecule has 3 aliphatic heterocycles. The summed E-state index contributed by atoms with van der Waals surface area (Å²) in [4.78, 5) is 33.9. The molecule has 8 nitrogen and oxygen atoms in total. The topological polar surface area (TPSA) is 82.4 Å². The molecule has 182 valence electrons. The Morgan fingerprint density at radius 3 is 2.25 bits per heavy atom. The van der Waals surface area contributed by atoms with Crippen LogP contribution in [0.3, 0.4) is 0 Å². The van der Waals surface area contributed by atoms with Crippen LogP contribution in [0.1, 0.15) is 54.4 Å². The summed E-state index contributed by atoms with van der Waals surface area (Å²) in [5.74, 6) is 0.111. The molecule has 3 heterocycles. The Morgan fingerprint density at radius 2 is 1.75 bits per heavy atom. The SMILES string of the molecule is CC(C)(C)[C@@H](N)C(=O)N1CCC(N2CN3CN(CO[Si](C)(C)C(C)(C)C)C=C3C2=O)CC1. The zero-order chi connectivity index (χ0) is 24.1. The Kier molecular flexibility index (Phi) is 6.77. The van der Waals surface area contributed by atoms with Crippen LogP contribution < -0.4 is 5.73 Å². The first-order chi connectivity index (χ1) is 14.6. The largest absolute Gasteiger partial charge is 0.400 e. The molecule has 0 aliphatic carbocycles. The molecule has 0 saturated carbocycles. The molecule has 32 heavy (non-hydrogen) atoms. The van der Waals surface area contributed by atoms with Crippen molar-refractivity contribution < 1.29 is 14.0 Å². The van der Waals surface area contributed by atoms with Gasteiger partial charge in [0.25, 0.3) is 5.91 Å². The number of hydrogen-bond acceptors (Lipinski definition) is 6. The van der Waals surface area contributed by atoms with Crippen LogP contribution in [0.5, 0.6) is 0 Å². The first kappa shape index (κ1) is 25.0. The molecule has 2 fully saturated rings. The molecule has 0 aromatic carbocycles. The molecular formula is C23H43N5O3Si. The molecule has 3 rings (SSSR count). The molecule has 1 atom stereocenters. The second-order valence-electron chi connectivity index (χ2n) is 12.1. The number of amides is 2. The van der Waals surface area contributed by atoms with E-state index in [-0.39, 0.29) is 28.3 Å². The summed E-state index contributed by atoms with van der Waals surface area (Å²) in [5.41, 5.74) is 6.68. The minimum absolute atomic E-state index is 0.0180. The fraction of sp³-hybridized carbons (Fsp3) is 0.826. The van der Waals surface area contributed by atoms with Crippen LogP contribution in [0.25, 0.3) is 0 Å². The van der Waals surface area contributed by atoms with E-state index in [0.29, 0.717) is 33.2 Å². The van der Waals surface area contributed by atoms with Crippen LogP contribution in [-0.4, -0.2) is 85.0 Å². The molecule has 0 radical (unpaired) electrons. The highest BCUT2D eigenvalue weighted by Crippen LogP contribution is 2.37. The van der Waals surface area contributed by atoms with Crippen molar-refractivity contribution in [2.45, 2.75) is 84.6 Å². The molecular weight excluding hydrogens is 422 g/mol. The van der Waals surface area contributed by atoms with E-state index in [2.05, 4.69) is 43.7 Å². The van der Waals surface area contributed by atoms with Gasteiger partial charge in [0.15, 0.2) is 8.32 Å². The Balaban J connectivity index is 1.53.